The van der Waals surface area contributed by atoms with Crippen LogP contribution < -0.4 is 16.6 Å². The van der Waals surface area contributed by atoms with E-state index >= 15 is 0 Å². The minimum absolute atomic E-state index is 0.203. The fourth-order valence-electron chi connectivity index (χ4n) is 2.01. The molecule has 0 fully saturated rings. The second-order valence-corrected chi connectivity index (χ2v) is 5.00. The number of hydrogen-bond donors (Lipinski definition) is 3. The first-order chi connectivity index (χ1) is 10.6. The highest BCUT2D eigenvalue weighted by Crippen LogP contribution is 2.02. The summed E-state index contributed by atoms with van der Waals surface area (Å²) in [6, 6.07) is 18.1. The molecule has 0 spiro atoms. The van der Waals surface area contributed by atoms with E-state index in [-0.39, 0.29) is 12.3 Å². The second kappa shape index (κ2) is 7.95. The Balaban J connectivity index is 1.76. The minimum Gasteiger partial charge on any atom is -0.320 e. The molecule has 0 saturated carbocycles. The van der Waals surface area contributed by atoms with Crippen LogP contribution in [0.2, 0.25) is 0 Å². The normalized spacial score (nSPS) is 11.5. The van der Waals surface area contributed by atoms with Crippen molar-refractivity contribution in [3.05, 3.63) is 71.8 Å². The lowest BCUT2D eigenvalue weighted by Gasteiger charge is -2.13. The molecule has 1 atom stereocenters. The van der Waals surface area contributed by atoms with Crippen molar-refractivity contribution in [2.45, 2.75) is 18.9 Å². The lowest BCUT2D eigenvalue weighted by Crippen LogP contribution is -2.50. The first-order valence-corrected chi connectivity index (χ1v) is 7.07. The Kier molecular flexibility index (Phi) is 5.68. The van der Waals surface area contributed by atoms with Crippen LogP contribution in [0.4, 0.5) is 0 Å². The summed E-state index contributed by atoms with van der Waals surface area (Å²) in [6.45, 7) is 0. The van der Waals surface area contributed by atoms with Gasteiger partial charge in [0.1, 0.15) is 0 Å². The number of benzene rings is 2. The predicted molar refractivity (Wildman–Crippen MR) is 84.6 cm³/mol. The molecule has 2 aromatic carbocycles. The summed E-state index contributed by atoms with van der Waals surface area (Å²) >= 11 is 0. The van der Waals surface area contributed by atoms with Gasteiger partial charge in [0.25, 0.3) is 5.91 Å². The van der Waals surface area contributed by atoms with Gasteiger partial charge in [-0.15, -0.1) is 0 Å². The van der Waals surface area contributed by atoms with E-state index in [1.807, 2.05) is 60.7 Å². The summed E-state index contributed by atoms with van der Waals surface area (Å²) < 4.78 is 0. The monoisotopic (exact) mass is 297 g/mol. The third kappa shape index (κ3) is 5.03. The molecule has 114 valence electrons. The lowest BCUT2D eigenvalue weighted by atomic mass is 10.1. The molecule has 0 aliphatic rings. The first-order valence-electron chi connectivity index (χ1n) is 7.07. The summed E-state index contributed by atoms with van der Waals surface area (Å²) in [4.78, 5) is 23.6. The van der Waals surface area contributed by atoms with E-state index in [0.717, 1.165) is 11.1 Å². The number of hydrogen-bond acceptors (Lipinski definition) is 3. The van der Waals surface area contributed by atoms with Crippen molar-refractivity contribution in [3.8, 4) is 0 Å². The fourth-order valence-corrected chi connectivity index (χ4v) is 2.01. The van der Waals surface area contributed by atoms with Crippen LogP contribution >= 0.6 is 0 Å². The number of hydrazine groups is 1. The van der Waals surface area contributed by atoms with Crippen LogP contribution in [0.25, 0.3) is 0 Å². The Labute approximate surface area is 129 Å². The molecule has 0 unspecified atom stereocenters. The van der Waals surface area contributed by atoms with Gasteiger partial charge in [-0.3, -0.25) is 20.4 Å². The molecule has 0 bridgehead atoms. The van der Waals surface area contributed by atoms with Gasteiger partial charge in [0.15, 0.2) is 0 Å². The van der Waals surface area contributed by atoms with Gasteiger partial charge in [-0.25, -0.2) is 0 Å². The Hall–Kier alpha value is -2.66. The maximum Gasteiger partial charge on any atom is 0.255 e. The Bertz CT molecular complexity index is 614. The SMILES string of the molecule is N[C@H](Cc1ccccc1)C(=O)NNC(=O)Cc1ccccc1. The zero-order valence-corrected chi connectivity index (χ0v) is 12.2. The van der Waals surface area contributed by atoms with Gasteiger partial charge in [-0.1, -0.05) is 60.7 Å². The van der Waals surface area contributed by atoms with Crippen molar-refractivity contribution in [3.63, 3.8) is 0 Å². The van der Waals surface area contributed by atoms with Crippen LogP contribution in [0.3, 0.4) is 0 Å². The van der Waals surface area contributed by atoms with Crippen molar-refractivity contribution in [2.24, 2.45) is 5.73 Å². The number of carbonyl (C=O) groups excluding carboxylic acids is 2. The number of nitrogens with two attached hydrogens (primary N) is 1. The molecule has 0 aromatic heterocycles. The summed E-state index contributed by atoms with van der Waals surface area (Å²) in [5, 5.41) is 0. The van der Waals surface area contributed by atoms with Gasteiger partial charge in [-0.2, -0.15) is 0 Å². The van der Waals surface area contributed by atoms with Crippen molar-refractivity contribution < 1.29 is 9.59 Å². The first kappa shape index (κ1) is 15.7. The van der Waals surface area contributed by atoms with Crippen molar-refractivity contribution in [1.29, 1.82) is 0 Å². The molecule has 2 amide bonds. The highest BCUT2D eigenvalue weighted by molar-refractivity contribution is 5.86. The van der Waals surface area contributed by atoms with E-state index in [2.05, 4.69) is 10.9 Å². The maximum atomic E-state index is 11.9. The number of amides is 2. The van der Waals surface area contributed by atoms with Gasteiger partial charge in [-0.05, 0) is 17.5 Å². The summed E-state index contributed by atoms with van der Waals surface area (Å²) in [7, 11) is 0. The molecule has 22 heavy (non-hydrogen) atoms. The molecule has 5 nitrogen and oxygen atoms in total. The van der Waals surface area contributed by atoms with Crippen LogP contribution in [0, 0.1) is 0 Å². The maximum absolute atomic E-state index is 11.9. The third-order valence-electron chi connectivity index (χ3n) is 3.17. The Morgan fingerprint density at radius 1 is 0.864 bits per heavy atom. The standard InChI is InChI=1S/C17H19N3O2/c18-15(11-13-7-3-1-4-8-13)17(22)20-19-16(21)12-14-9-5-2-6-10-14/h1-10,15H,11-12,18H2,(H,19,21)(H,20,22)/t15-/m1/s1. The van der Waals surface area contributed by atoms with E-state index in [9.17, 15) is 9.59 Å². The van der Waals surface area contributed by atoms with E-state index < -0.39 is 11.9 Å². The molecule has 5 heteroatoms. The van der Waals surface area contributed by atoms with Crippen LogP contribution in [0.15, 0.2) is 60.7 Å². The minimum atomic E-state index is -0.709. The average molecular weight is 297 g/mol. The van der Waals surface area contributed by atoms with Crippen molar-refractivity contribution >= 4 is 11.8 Å². The topological polar surface area (TPSA) is 84.2 Å². The smallest absolute Gasteiger partial charge is 0.255 e. The zero-order chi connectivity index (χ0) is 15.8. The number of rotatable bonds is 5. The molecule has 2 aromatic rings. The highest BCUT2D eigenvalue weighted by Gasteiger charge is 2.14. The average Bonchev–Trinajstić information content (AvgIpc) is 2.54. The van der Waals surface area contributed by atoms with Crippen LogP contribution in [0.5, 0.6) is 0 Å². The Morgan fingerprint density at radius 3 is 2.00 bits per heavy atom. The molecule has 2 rings (SSSR count). The quantitative estimate of drug-likeness (QED) is 0.718. The van der Waals surface area contributed by atoms with Crippen molar-refractivity contribution in [2.75, 3.05) is 0 Å². The second-order valence-electron chi connectivity index (χ2n) is 5.00. The van der Waals surface area contributed by atoms with Crippen LogP contribution in [-0.2, 0) is 22.4 Å². The van der Waals surface area contributed by atoms with E-state index in [0.29, 0.717) is 6.42 Å². The van der Waals surface area contributed by atoms with E-state index in [1.165, 1.54) is 0 Å². The molecule has 0 aliphatic heterocycles. The van der Waals surface area contributed by atoms with Crippen molar-refractivity contribution in [1.82, 2.24) is 10.9 Å². The molecule has 0 aliphatic carbocycles. The lowest BCUT2D eigenvalue weighted by molar-refractivity contribution is -0.129. The van der Waals surface area contributed by atoms with Gasteiger partial charge in [0, 0.05) is 0 Å². The summed E-state index contributed by atoms with van der Waals surface area (Å²) in [6.07, 6.45) is 0.621. The van der Waals surface area contributed by atoms with Crippen LogP contribution in [-0.4, -0.2) is 17.9 Å². The molecular formula is C17H19N3O2. The molecular weight excluding hydrogens is 278 g/mol. The zero-order valence-electron chi connectivity index (χ0n) is 12.2. The van der Waals surface area contributed by atoms with Gasteiger partial charge < -0.3 is 5.73 Å². The molecule has 4 N–H and O–H groups in total. The largest absolute Gasteiger partial charge is 0.320 e. The number of carbonyl (C=O) groups is 2. The number of nitrogens with one attached hydrogen (secondary N) is 2. The fraction of sp³-hybridized carbons (Fsp3) is 0.176. The highest BCUT2D eigenvalue weighted by atomic mass is 16.2. The van der Waals surface area contributed by atoms with Gasteiger partial charge in [0.05, 0.1) is 12.5 Å². The predicted octanol–water partition coefficient (Wildman–Crippen LogP) is 0.947. The Morgan fingerprint density at radius 2 is 1.41 bits per heavy atom. The van der Waals surface area contributed by atoms with Gasteiger partial charge in [0.2, 0.25) is 5.91 Å². The molecule has 0 saturated heterocycles. The van der Waals surface area contributed by atoms with Gasteiger partial charge >= 0.3 is 0 Å². The molecule has 0 heterocycles. The third-order valence-corrected chi connectivity index (χ3v) is 3.17. The van der Waals surface area contributed by atoms with E-state index in [4.69, 9.17) is 5.73 Å². The van der Waals surface area contributed by atoms with E-state index in [1.54, 1.807) is 0 Å². The molecule has 0 radical (unpaired) electrons. The van der Waals surface area contributed by atoms with Crippen LogP contribution in [0.1, 0.15) is 11.1 Å². The summed E-state index contributed by atoms with van der Waals surface area (Å²) in [5.74, 6) is -0.697. The summed E-state index contributed by atoms with van der Waals surface area (Å²) in [5.41, 5.74) is 12.4.